The lowest BCUT2D eigenvalue weighted by Gasteiger charge is -2.17. The van der Waals surface area contributed by atoms with Crippen molar-refractivity contribution in [3.63, 3.8) is 0 Å². The number of carboxylic acid groups (broad SMARTS) is 1. The second-order valence-electron chi connectivity index (χ2n) is 3.69. The molecule has 0 saturated heterocycles. The molecule has 2 N–H and O–H groups in total. The van der Waals surface area contributed by atoms with E-state index in [0.29, 0.717) is 12.0 Å². The summed E-state index contributed by atoms with van der Waals surface area (Å²) in [5, 5.41) is 18.2. The van der Waals surface area contributed by atoms with E-state index in [2.05, 4.69) is 13.5 Å². The number of aliphatic carboxylic acids is 1. The highest BCUT2D eigenvalue weighted by Crippen LogP contribution is 2.17. The van der Waals surface area contributed by atoms with Crippen molar-refractivity contribution in [2.24, 2.45) is 5.92 Å². The minimum absolute atomic E-state index is 0.633. The first-order chi connectivity index (χ1) is 6.50. The molecule has 14 heavy (non-hydrogen) atoms. The molecule has 0 rings (SSSR count). The molecule has 0 fully saturated rings. The molecule has 2 atom stereocenters. The summed E-state index contributed by atoms with van der Waals surface area (Å²) in [7, 11) is 0. The van der Waals surface area contributed by atoms with E-state index < -0.39 is 18.0 Å². The van der Waals surface area contributed by atoms with Gasteiger partial charge in [0.15, 0.2) is 0 Å². The number of hydrogen-bond acceptors (Lipinski definition) is 2. The average molecular weight is 200 g/mol. The lowest BCUT2D eigenvalue weighted by atomic mass is 9.95. The lowest BCUT2D eigenvalue weighted by Crippen LogP contribution is -2.26. The van der Waals surface area contributed by atoms with Gasteiger partial charge < -0.3 is 10.2 Å². The van der Waals surface area contributed by atoms with Crippen LogP contribution in [-0.4, -0.2) is 22.3 Å². The zero-order valence-corrected chi connectivity index (χ0v) is 8.99. The molecule has 3 nitrogen and oxygen atoms in total. The number of aliphatic hydroxyl groups excluding tert-OH is 1. The van der Waals surface area contributed by atoms with Gasteiger partial charge in [-0.15, -0.1) is 0 Å². The molecule has 0 aromatic rings. The van der Waals surface area contributed by atoms with E-state index in [9.17, 15) is 9.90 Å². The Bertz CT molecular complexity index is 199. The molecular formula is C11H20O3. The van der Waals surface area contributed by atoms with Gasteiger partial charge in [0.2, 0.25) is 0 Å². The predicted octanol–water partition coefficient (Wildman–Crippen LogP) is 2.20. The van der Waals surface area contributed by atoms with Crippen LogP contribution in [0.25, 0.3) is 0 Å². The zero-order chi connectivity index (χ0) is 11.1. The number of hydrogen-bond donors (Lipinski definition) is 2. The molecule has 0 aromatic heterocycles. The van der Waals surface area contributed by atoms with Crippen LogP contribution in [0.4, 0.5) is 0 Å². The van der Waals surface area contributed by atoms with Gasteiger partial charge in [0.25, 0.3) is 0 Å². The third-order valence-corrected chi connectivity index (χ3v) is 2.38. The predicted molar refractivity (Wildman–Crippen MR) is 56.1 cm³/mol. The minimum Gasteiger partial charge on any atom is -0.481 e. The highest BCUT2D eigenvalue weighted by Gasteiger charge is 2.22. The Hall–Kier alpha value is -0.830. The summed E-state index contributed by atoms with van der Waals surface area (Å²) in [5.41, 5.74) is 0.633. The van der Waals surface area contributed by atoms with Crippen molar-refractivity contribution < 1.29 is 15.0 Å². The molecule has 0 amide bonds. The fourth-order valence-corrected chi connectivity index (χ4v) is 1.24. The van der Waals surface area contributed by atoms with Gasteiger partial charge in [-0.2, -0.15) is 0 Å². The van der Waals surface area contributed by atoms with Crippen LogP contribution in [0.5, 0.6) is 0 Å². The van der Waals surface area contributed by atoms with E-state index in [-0.39, 0.29) is 0 Å². The van der Waals surface area contributed by atoms with Gasteiger partial charge in [-0.05, 0) is 25.3 Å². The van der Waals surface area contributed by atoms with E-state index in [1.807, 2.05) is 0 Å². The molecule has 0 radical (unpaired) electrons. The minimum atomic E-state index is -0.978. The molecule has 0 bridgehead atoms. The molecule has 3 heteroatoms. The van der Waals surface area contributed by atoms with Gasteiger partial charge in [-0.3, -0.25) is 4.79 Å². The number of rotatable bonds is 7. The molecule has 82 valence electrons. The Kier molecular flexibility index (Phi) is 6.21. The molecule has 0 aliphatic rings. The molecule has 0 saturated carbocycles. The first-order valence-corrected chi connectivity index (χ1v) is 5.09. The maximum absolute atomic E-state index is 10.6. The van der Waals surface area contributed by atoms with Gasteiger partial charge in [0.1, 0.15) is 0 Å². The van der Waals surface area contributed by atoms with Crippen LogP contribution in [0.15, 0.2) is 12.2 Å². The third kappa shape index (κ3) is 4.42. The number of unbranched alkanes of at least 4 members (excludes halogenated alkanes) is 2. The van der Waals surface area contributed by atoms with Crippen molar-refractivity contribution in [3.05, 3.63) is 12.2 Å². The summed E-state index contributed by atoms with van der Waals surface area (Å²) in [6, 6.07) is 0. The Morgan fingerprint density at radius 3 is 2.43 bits per heavy atom. The number of carbonyl (C=O) groups is 1. The second-order valence-corrected chi connectivity index (χ2v) is 3.69. The monoisotopic (exact) mass is 200 g/mol. The molecule has 0 aliphatic heterocycles. The summed E-state index contributed by atoms with van der Waals surface area (Å²) < 4.78 is 0. The summed E-state index contributed by atoms with van der Waals surface area (Å²) in [6.45, 7) is 7.31. The summed E-state index contributed by atoms with van der Waals surface area (Å²) in [4.78, 5) is 10.6. The maximum atomic E-state index is 10.6. The van der Waals surface area contributed by atoms with E-state index >= 15 is 0 Å². The summed E-state index contributed by atoms with van der Waals surface area (Å²) in [5.74, 6) is -1.74. The Morgan fingerprint density at radius 1 is 1.43 bits per heavy atom. The SMILES string of the molecule is C=C(CCCCC)[C@@H](O)[C@H](C)C(=O)O. The van der Waals surface area contributed by atoms with Gasteiger partial charge in [-0.1, -0.05) is 26.3 Å². The summed E-state index contributed by atoms with van der Waals surface area (Å²) in [6.07, 6.45) is 2.97. The van der Waals surface area contributed by atoms with Crippen molar-refractivity contribution in [3.8, 4) is 0 Å². The van der Waals surface area contributed by atoms with Crippen molar-refractivity contribution in [1.29, 1.82) is 0 Å². The molecule has 0 unspecified atom stereocenters. The Balaban J connectivity index is 3.92. The fraction of sp³-hybridized carbons (Fsp3) is 0.727. The van der Waals surface area contributed by atoms with Crippen molar-refractivity contribution >= 4 is 5.97 Å². The fourth-order valence-electron chi connectivity index (χ4n) is 1.24. The van der Waals surface area contributed by atoms with Gasteiger partial charge in [0, 0.05) is 0 Å². The van der Waals surface area contributed by atoms with Crippen LogP contribution in [0.3, 0.4) is 0 Å². The van der Waals surface area contributed by atoms with Crippen LogP contribution >= 0.6 is 0 Å². The highest BCUT2D eigenvalue weighted by molar-refractivity contribution is 5.70. The molecular weight excluding hydrogens is 180 g/mol. The van der Waals surface area contributed by atoms with Crippen LogP contribution in [0.1, 0.15) is 39.5 Å². The molecule has 0 aromatic carbocycles. The first-order valence-electron chi connectivity index (χ1n) is 5.09. The highest BCUT2D eigenvalue weighted by atomic mass is 16.4. The van der Waals surface area contributed by atoms with E-state index in [1.54, 1.807) is 0 Å². The standard InChI is InChI=1S/C11H20O3/c1-4-5-6-7-8(2)10(12)9(3)11(13)14/h9-10,12H,2,4-7H2,1,3H3,(H,13,14)/t9-,10+/m0/s1. The van der Waals surface area contributed by atoms with Gasteiger partial charge in [0.05, 0.1) is 12.0 Å². The molecule has 0 aliphatic carbocycles. The number of carboxylic acids is 1. The van der Waals surface area contributed by atoms with Crippen LogP contribution < -0.4 is 0 Å². The normalized spacial score (nSPS) is 14.8. The first kappa shape index (κ1) is 13.2. The van der Waals surface area contributed by atoms with Crippen molar-refractivity contribution in [2.75, 3.05) is 0 Å². The molecule has 0 heterocycles. The molecule has 0 spiro atoms. The lowest BCUT2D eigenvalue weighted by molar-refractivity contribution is -0.144. The Morgan fingerprint density at radius 2 is 2.00 bits per heavy atom. The van der Waals surface area contributed by atoms with Crippen LogP contribution in [-0.2, 0) is 4.79 Å². The van der Waals surface area contributed by atoms with Gasteiger partial charge >= 0.3 is 5.97 Å². The second kappa shape index (κ2) is 6.60. The van der Waals surface area contributed by atoms with Gasteiger partial charge in [-0.25, -0.2) is 0 Å². The van der Waals surface area contributed by atoms with Crippen molar-refractivity contribution in [1.82, 2.24) is 0 Å². The quantitative estimate of drug-likeness (QED) is 0.489. The zero-order valence-electron chi connectivity index (χ0n) is 8.99. The topological polar surface area (TPSA) is 57.5 Å². The third-order valence-electron chi connectivity index (χ3n) is 2.38. The largest absolute Gasteiger partial charge is 0.481 e. The Labute approximate surface area is 85.4 Å². The van der Waals surface area contributed by atoms with E-state index in [4.69, 9.17) is 5.11 Å². The maximum Gasteiger partial charge on any atom is 0.309 e. The van der Waals surface area contributed by atoms with E-state index in [0.717, 1.165) is 19.3 Å². The van der Waals surface area contributed by atoms with Crippen LogP contribution in [0, 0.1) is 5.92 Å². The van der Waals surface area contributed by atoms with E-state index in [1.165, 1.54) is 6.92 Å². The smallest absolute Gasteiger partial charge is 0.309 e. The average Bonchev–Trinajstić information content (AvgIpc) is 2.15. The summed E-state index contributed by atoms with van der Waals surface area (Å²) >= 11 is 0. The van der Waals surface area contributed by atoms with Crippen LogP contribution in [0.2, 0.25) is 0 Å². The number of aliphatic hydroxyl groups is 1. The van der Waals surface area contributed by atoms with Crippen molar-refractivity contribution in [2.45, 2.75) is 45.6 Å².